The number of carbonyl (C=O) groups excluding carboxylic acids is 1. The van der Waals surface area contributed by atoms with Crippen LogP contribution in [0.3, 0.4) is 0 Å². The summed E-state index contributed by atoms with van der Waals surface area (Å²) in [5.74, 6) is 0.883. The van der Waals surface area contributed by atoms with Crippen molar-refractivity contribution in [2.75, 3.05) is 19.5 Å². The maximum Gasteiger partial charge on any atom is 0.265 e. The largest absolute Gasteiger partial charge is 0.497 e. The molecule has 0 aliphatic carbocycles. The summed E-state index contributed by atoms with van der Waals surface area (Å²) in [6.45, 7) is 0. The Labute approximate surface area is 172 Å². The van der Waals surface area contributed by atoms with Crippen molar-refractivity contribution in [3.05, 3.63) is 89.0 Å². The quantitative estimate of drug-likeness (QED) is 0.552. The van der Waals surface area contributed by atoms with Crippen LogP contribution >= 0.6 is 0 Å². The number of aromatic nitrogens is 2. The number of hydrogen-bond donors (Lipinski definition) is 1. The van der Waals surface area contributed by atoms with Crippen LogP contribution < -0.4 is 20.3 Å². The van der Waals surface area contributed by atoms with E-state index in [-0.39, 0.29) is 11.5 Å². The first-order valence-electron chi connectivity index (χ1n) is 9.21. The van der Waals surface area contributed by atoms with E-state index < -0.39 is 0 Å². The second-order valence-corrected chi connectivity index (χ2v) is 6.51. The number of fused-ring (bicyclic) bond motifs is 1. The molecule has 0 aliphatic rings. The Kier molecular flexibility index (Phi) is 5.17. The zero-order valence-corrected chi connectivity index (χ0v) is 16.5. The predicted molar refractivity (Wildman–Crippen MR) is 115 cm³/mol. The summed E-state index contributed by atoms with van der Waals surface area (Å²) in [4.78, 5) is 30.0. The Morgan fingerprint density at radius 1 is 0.967 bits per heavy atom. The van der Waals surface area contributed by atoms with E-state index in [1.807, 2.05) is 6.07 Å². The molecule has 0 saturated carbocycles. The molecule has 0 radical (unpaired) electrons. The minimum Gasteiger partial charge on any atom is -0.497 e. The maximum atomic E-state index is 12.9. The summed E-state index contributed by atoms with van der Waals surface area (Å²) in [5.41, 5.74) is 1.80. The van der Waals surface area contributed by atoms with Gasteiger partial charge in [-0.1, -0.05) is 18.2 Å². The Bertz CT molecular complexity index is 1300. The molecule has 7 nitrogen and oxygen atoms in total. The van der Waals surface area contributed by atoms with E-state index >= 15 is 0 Å². The molecule has 1 aromatic heterocycles. The van der Waals surface area contributed by atoms with Gasteiger partial charge in [-0.25, -0.2) is 4.98 Å². The highest BCUT2D eigenvalue weighted by atomic mass is 16.5. The lowest BCUT2D eigenvalue weighted by molar-refractivity contribution is 0.102. The molecule has 0 fully saturated rings. The summed E-state index contributed by atoms with van der Waals surface area (Å²) in [7, 11) is 3.11. The van der Waals surface area contributed by atoms with Gasteiger partial charge >= 0.3 is 0 Å². The number of carbonyl (C=O) groups is 1. The number of hydrogen-bond acceptors (Lipinski definition) is 5. The molecule has 1 heterocycles. The molecule has 30 heavy (non-hydrogen) atoms. The Morgan fingerprint density at radius 3 is 2.60 bits per heavy atom. The summed E-state index contributed by atoms with van der Waals surface area (Å²) in [6.07, 6.45) is 1.45. The van der Waals surface area contributed by atoms with E-state index in [1.165, 1.54) is 18.0 Å². The van der Waals surface area contributed by atoms with Crippen molar-refractivity contribution in [3.8, 4) is 17.2 Å². The van der Waals surface area contributed by atoms with Crippen LogP contribution in [0.2, 0.25) is 0 Å². The molecule has 150 valence electrons. The van der Waals surface area contributed by atoms with E-state index in [0.717, 1.165) is 0 Å². The van der Waals surface area contributed by atoms with Gasteiger partial charge in [0.1, 0.15) is 17.8 Å². The Balaban J connectivity index is 1.68. The number of para-hydroxylation sites is 2. The molecular formula is C23H19N3O4. The van der Waals surface area contributed by atoms with Gasteiger partial charge in [0.25, 0.3) is 11.5 Å². The van der Waals surface area contributed by atoms with Crippen molar-refractivity contribution >= 4 is 22.5 Å². The van der Waals surface area contributed by atoms with Crippen LogP contribution in [0.25, 0.3) is 16.6 Å². The summed E-state index contributed by atoms with van der Waals surface area (Å²) >= 11 is 0. The predicted octanol–water partition coefficient (Wildman–Crippen LogP) is 3.66. The minimum absolute atomic E-state index is 0.232. The number of ether oxygens (including phenoxy) is 2. The van der Waals surface area contributed by atoms with E-state index in [4.69, 9.17) is 9.47 Å². The SMILES string of the molecule is COc1cccc(-n2cnc3cc(C(=O)Nc4ccccc4OC)ccc3c2=O)c1. The molecule has 1 N–H and O–H groups in total. The lowest BCUT2D eigenvalue weighted by Crippen LogP contribution is -2.19. The van der Waals surface area contributed by atoms with Crippen molar-refractivity contribution in [2.45, 2.75) is 0 Å². The van der Waals surface area contributed by atoms with E-state index in [1.54, 1.807) is 67.8 Å². The standard InChI is InChI=1S/C23H19N3O4/c1-29-17-7-5-6-16(13-17)26-14-24-20-12-15(10-11-18(20)23(26)28)22(27)25-19-8-3-4-9-21(19)30-2/h3-14H,1-2H3,(H,25,27). The van der Waals surface area contributed by atoms with Crippen LogP contribution in [0, 0.1) is 0 Å². The van der Waals surface area contributed by atoms with Gasteiger partial charge < -0.3 is 14.8 Å². The molecule has 0 aliphatic heterocycles. The molecule has 3 aromatic carbocycles. The topological polar surface area (TPSA) is 82.5 Å². The third kappa shape index (κ3) is 3.60. The molecule has 0 spiro atoms. The number of benzene rings is 3. The average Bonchev–Trinajstić information content (AvgIpc) is 2.79. The van der Waals surface area contributed by atoms with Gasteiger partial charge in [0.2, 0.25) is 0 Å². The molecule has 0 bridgehead atoms. The first kappa shape index (κ1) is 19.2. The van der Waals surface area contributed by atoms with Gasteiger partial charge in [-0.15, -0.1) is 0 Å². The molecule has 0 saturated heterocycles. The third-order valence-corrected chi connectivity index (χ3v) is 4.71. The van der Waals surface area contributed by atoms with Crippen LogP contribution in [0.5, 0.6) is 11.5 Å². The van der Waals surface area contributed by atoms with E-state index in [2.05, 4.69) is 10.3 Å². The number of rotatable bonds is 5. The zero-order chi connectivity index (χ0) is 21.1. The maximum absolute atomic E-state index is 12.9. The van der Waals surface area contributed by atoms with E-state index in [0.29, 0.717) is 39.3 Å². The highest BCUT2D eigenvalue weighted by Crippen LogP contribution is 2.24. The summed E-state index contributed by atoms with van der Waals surface area (Å²) < 4.78 is 11.9. The van der Waals surface area contributed by atoms with E-state index in [9.17, 15) is 9.59 Å². The molecule has 7 heteroatoms. The average molecular weight is 401 g/mol. The fraction of sp³-hybridized carbons (Fsp3) is 0.0870. The Hall–Kier alpha value is -4.13. The van der Waals surface area contributed by atoms with Crippen molar-refractivity contribution in [1.29, 1.82) is 0 Å². The van der Waals surface area contributed by atoms with Gasteiger partial charge in [-0.3, -0.25) is 14.2 Å². The zero-order valence-electron chi connectivity index (χ0n) is 16.5. The lowest BCUT2D eigenvalue weighted by atomic mass is 10.1. The number of amides is 1. The molecule has 0 unspecified atom stereocenters. The highest BCUT2D eigenvalue weighted by Gasteiger charge is 2.13. The molecule has 0 atom stereocenters. The molecule has 4 aromatic rings. The number of anilines is 1. The second kappa shape index (κ2) is 8.08. The summed E-state index contributed by atoms with van der Waals surface area (Å²) in [5, 5.41) is 3.23. The fourth-order valence-electron chi connectivity index (χ4n) is 3.15. The first-order valence-corrected chi connectivity index (χ1v) is 9.21. The van der Waals surface area contributed by atoms with Gasteiger partial charge in [-0.2, -0.15) is 0 Å². The van der Waals surface area contributed by atoms with Gasteiger partial charge in [0, 0.05) is 11.6 Å². The van der Waals surface area contributed by atoms with Crippen molar-refractivity contribution in [3.63, 3.8) is 0 Å². The monoisotopic (exact) mass is 401 g/mol. The van der Waals surface area contributed by atoms with Crippen LogP contribution in [0.1, 0.15) is 10.4 Å². The number of nitrogens with one attached hydrogen (secondary N) is 1. The molecule has 1 amide bonds. The smallest absolute Gasteiger partial charge is 0.265 e. The second-order valence-electron chi connectivity index (χ2n) is 6.51. The van der Waals surface area contributed by atoms with Crippen molar-refractivity contribution in [2.24, 2.45) is 0 Å². The van der Waals surface area contributed by atoms with Crippen LogP contribution in [-0.2, 0) is 0 Å². The van der Waals surface area contributed by atoms with Crippen LogP contribution in [0.15, 0.2) is 77.9 Å². The van der Waals surface area contributed by atoms with Gasteiger partial charge in [0.15, 0.2) is 0 Å². The number of methoxy groups -OCH3 is 2. The third-order valence-electron chi connectivity index (χ3n) is 4.71. The van der Waals surface area contributed by atoms with Crippen LogP contribution in [0.4, 0.5) is 5.69 Å². The van der Waals surface area contributed by atoms with Crippen LogP contribution in [-0.4, -0.2) is 29.7 Å². The van der Waals surface area contributed by atoms with Gasteiger partial charge in [-0.05, 0) is 42.5 Å². The first-order chi connectivity index (χ1) is 14.6. The van der Waals surface area contributed by atoms with Gasteiger partial charge in [0.05, 0.1) is 36.5 Å². The van der Waals surface area contributed by atoms with Crippen molar-refractivity contribution in [1.82, 2.24) is 9.55 Å². The minimum atomic E-state index is -0.319. The number of nitrogens with zero attached hydrogens (tertiary/aromatic N) is 2. The van der Waals surface area contributed by atoms with Crippen molar-refractivity contribution < 1.29 is 14.3 Å². The summed E-state index contributed by atoms with van der Waals surface area (Å²) in [6, 6.07) is 19.1. The molecular weight excluding hydrogens is 382 g/mol. The highest BCUT2D eigenvalue weighted by molar-refractivity contribution is 6.06. The molecule has 4 rings (SSSR count). The lowest BCUT2D eigenvalue weighted by Gasteiger charge is -2.11. The normalized spacial score (nSPS) is 10.6. The fourth-order valence-corrected chi connectivity index (χ4v) is 3.15. The Morgan fingerprint density at radius 2 is 1.80 bits per heavy atom.